The summed E-state index contributed by atoms with van der Waals surface area (Å²) in [6, 6.07) is 22.2. The molecular formula is C25H24N2O3. The number of benzene rings is 3. The van der Waals surface area contributed by atoms with Crippen molar-refractivity contribution >= 4 is 23.2 Å². The third-order valence-electron chi connectivity index (χ3n) is 5.18. The van der Waals surface area contributed by atoms with Gasteiger partial charge in [-0.1, -0.05) is 24.3 Å². The van der Waals surface area contributed by atoms with Gasteiger partial charge in [0.25, 0.3) is 5.91 Å². The summed E-state index contributed by atoms with van der Waals surface area (Å²) in [6.45, 7) is 2.70. The Balaban J connectivity index is 1.46. The Bertz CT molecular complexity index is 1050. The van der Waals surface area contributed by atoms with Gasteiger partial charge in [0.15, 0.2) is 0 Å². The van der Waals surface area contributed by atoms with E-state index in [0.29, 0.717) is 23.4 Å². The first kappa shape index (κ1) is 19.7. The molecule has 0 atom stereocenters. The lowest BCUT2D eigenvalue weighted by molar-refractivity contribution is -0.119. The minimum absolute atomic E-state index is 0.141. The highest BCUT2D eigenvalue weighted by atomic mass is 16.5. The molecule has 5 nitrogen and oxygen atoms in total. The fourth-order valence-electron chi connectivity index (χ4n) is 3.54. The topological polar surface area (TPSA) is 58.6 Å². The van der Waals surface area contributed by atoms with Crippen molar-refractivity contribution in [2.75, 3.05) is 16.8 Å². The minimum Gasteiger partial charge on any atom is -0.457 e. The van der Waals surface area contributed by atoms with Gasteiger partial charge in [-0.15, -0.1) is 0 Å². The van der Waals surface area contributed by atoms with Crippen LogP contribution in [0.2, 0.25) is 0 Å². The van der Waals surface area contributed by atoms with Crippen LogP contribution in [0, 0.1) is 6.92 Å². The van der Waals surface area contributed by atoms with Crippen molar-refractivity contribution in [1.29, 1.82) is 0 Å². The summed E-state index contributed by atoms with van der Waals surface area (Å²) in [5.74, 6) is 1.34. The van der Waals surface area contributed by atoms with Crippen molar-refractivity contribution in [1.82, 2.24) is 0 Å². The van der Waals surface area contributed by atoms with Gasteiger partial charge in [0.2, 0.25) is 5.91 Å². The first-order valence-electron chi connectivity index (χ1n) is 10.2. The molecule has 4 rings (SSSR count). The highest BCUT2D eigenvalue weighted by Gasteiger charge is 2.21. The Labute approximate surface area is 176 Å². The van der Waals surface area contributed by atoms with Gasteiger partial charge < -0.3 is 15.0 Å². The van der Waals surface area contributed by atoms with Crippen LogP contribution >= 0.6 is 0 Å². The number of nitrogens with zero attached hydrogens (tertiary/aromatic N) is 1. The van der Waals surface area contributed by atoms with Gasteiger partial charge in [0, 0.05) is 29.9 Å². The fraction of sp³-hybridized carbons (Fsp3) is 0.200. The van der Waals surface area contributed by atoms with Crippen molar-refractivity contribution in [3.63, 3.8) is 0 Å². The average molecular weight is 400 g/mol. The van der Waals surface area contributed by atoms with Crippen LogP contribution in [0.25, 0.3) is 0 Å². The van der Waals surface area contributed by atoms with Crippen LogP contribution in [-0.2, 0) is 4.79 Å². The third-order valence-corrected chi connectivity index (χ3v) is 5.18. The Kier molecular flexibility index (Phi) is 5.80. The van der Waals surface area contributed by atoms with E-state index in [-0.39, 0.29) is 11.8 Å². The van der Waals surface area contributed by atoms with Gasteiger partial charge in [0.05, 0.1) is 0 Å². The maximum absolute atomic E-state index is 12.7. The number of anilines is 2. The van der Waals surface area contributed by atoms with Gasteiger partial charge in [-0.05, 0) is 73.9 Å². The van der Waals surface area contributed by atoms with E-state index in [9.17, 15) is 9.59 Å². The SMILES string of the molecule is Cc1ccc(NC(=O)c2ccc(Oc3ccccc3)cc2)cc1N1CCCCC1=O. The van der Waals surface area contributed by atoms with E-state index in [1.807, 2.05) is 60.4 Å². The normalized spacial score (nSPS) is 13.8. The molecule has 1 heterocycles. The molecule has 0 saturated carbocycles. The first-order valence-corrected chi connectivity index (χ1v) is 10.2. The number of nitrogens with one attached hydrogen (secondary N) is 1. The Morgan fingerprint density at radius 3 is 2.40 bits per heavy atom. The molecule has 5 heteroatoms. The quantitative estimate of drug-likeness (QED) is 0.610. The predicted octanol–water partition coefficient (Wildman–Crippen LogP) is 5.56. The van der Waals surface area contributed by atoms with Crippen LogP contribution in [-0.4, -0.2) is 18.4 Å². The zero-order valence-electron chi connectivity index (χ0n) is 16.9. The highest BCUT2D eigenvalue weighted by molar-refractivity contribution is 6.05. The second-order valence-electron chi connectivity index (χ2n) is 7.40. The molecule has 0 unspecified atom stereocenters. The molecule has 2 amide bonds. The molecule has 0 radical (unpaired) electrons. The van der Waals surface area contributed by atoms with E-state index < -0.39 is 0 Å². The minimum atomic E-state index is -0.207. The molecule has 0 aromatic heterocycles. The van der Waals surface area contributed by atoms with Crippen LogP contribution in [0.3, 0.4) is 0 Å². The molecule has 0 bridgehead atoms. The van der Waals surface area contributed by atoms with Crippen molar-refractivity contribution in [3.8, 4) is 11.5 Å². The molecule has 1 aliphatic rings. The zero-order chi connectivity index (χ0) is 20.9. The number of rotatable bonds is 5. The number of hydrogen-bond donors (Lipinski definition) is 1. The smallest absolute Gasteiger partial charge is 0.255 e. The summed E-state index contributed by atoms with van der Waals surface area (Å²) in [4.78, 5) is 26.8. The van der Waals surface area contributed by atoms with Crippen molar-refractivity contribution in [2.24, 2.45) is 0 Å². The summed E-state index contributed by atoms with van der Waals surface area (Å²) in [5.41, 5.74) is 3.09. The number of piperidine rings is 1. The van der Waals surface area contributed by atoms with E-state index in [4.69, 9.17) is 4.74 Å². The maximum atomic E-state index is 12.7. The molecule has 1 fully saturated rings. The first-order chi connectivity index (χ1) is 14.6. The fourth-order valence-corrected chi connectivity index (χ4v) is 3.54. The van der Waals surface area contributed by atoms with Crippen LogP contribution in [0.5, 0.6) is 11.5 Å². The summed E-state index contributed by atoms with van der Waals surface area (Å²) >= 11 is 0. The maximum Gasteiger partial charge on any atom is 0.255 e. The van der Waals surface area contributed by atoms with E-state index in [2.05, 4.69) is 5.32 Å². The molecule has 152 valence electrons. The molecule has 1 aliphatic heterocycles. The van der Waals surface area contributed by atoms with Crippen molar-refractivity contribution in [3.05, 3.63) is 83.9 Å². The number of amides is 2. The molecule has 1 saturated heterocycles. The molecular weight excluding hydrogens is 376 g/mol. The van der Waals surface area contributed by atoms with Gasteiger partial charge in [-0.3, -0.25) is 9.59 Å². The average Bonchev–Trinajstić information content (AvgIpc) is 2.77. The summed E-state index contributed by atoms with van der Waals surface area (Å²) in [6.07, 6.45) is 2.52. The van der Waals surface area contributed by atoms with Crippen molar-refractivity contribution < 1.29 is 14.3 Å². The molecule has 1 N–H and O–H groups in total. The van der Waals surface area contributed by atoms with Crippen LogP contribution in [0.4, 0.5) is 11.4 Å². The van der Waals surface area contributed by atoms with E-state index in [0.717, 1.165) is 36.4 Å². The number of carbonyl (C=O) groups excluding carboxylic acids is 2. The lowest BCUT2D eigenvalue weighted by Crippen LogP contribution is -2.35. The largest absolute Gasteiger partial charge is 0.457 e. The van der Waals surface area contributed by atoms with E-state index >= 15 is 0 Å². The van der Waals surface area contributed by atoms with Gasteiger partial charge in [-0.25, -0.2) is 0 Å². The third kappa shape index (κ3) is 4.51. The summed E-state index contributed by atoms with van der Waals surface area (Å²) in [5, 5.41) is 2.93. The second-order valence-corrected chi connectivity index (χ2v) is 7.40. The van der Waals surface area contributed by atoms with Crippen LogP contribution in [0.15, 0.2) is 72.8 Å². The lowest BCUT2D eigenvalue weighted by atomic mass is 10.1. The van der Waals surface area contributed by atoms with E-state index in [1.165, 1.54) is 0 Å². The summed E-state index contributed by atoms with van der Waals surface area (Å²) in [7, 11) is 0. The van der Waals surface area contributed by atoms with Gasteiger partial charge >= 0.3 is 0 Å². The van der Waals surface area contributed by atoms with Crippen LogP contribution < -0.4 is 15.0 Å². The van der Waals surface area contributed by atoms with Gasteiger partial charge in [-0.2, -0.15) is 0 Å². The zero-order valence-corrected chi connectivity index (χ0v) is 16.9. The monoisotopic (exact) mass is 400 g/mol. The number of aryl methyl sites for hydroxylation is 1. The number of ether oxygens (including phenoxy) is 1. The second kappa shape index (κ2) is 8.82. The standard InChI is InChI=1S/C25H24N2O3/c1-18-10-13-20(17-23(18)27-16-6-5-9-24(27)28)26-25(29)19-11-14-22(15-12-19)30-21-7-3-2-4-8-21/h2-4,7-8,10-15,17H,5-6,9,16H2,1H3,(H,26,29). The Hall–Kier alpha value is -3.60. The molecule has 0 spiro atoms. The number of hydrogen-bond acceptors (Lipinski definition) is 3. The Morgan fingerprint density at radius 1 is 0.933 bits per heavy atom. The lowest BCUT2D eigenvalue weighted by Gasteiger charge is -2.28. The van der Waals surface area contributed by atoms with Crippen molar-refractivity contribution in [2.45, 2.75) is 26.2 Å². The van der Waals surface area contributed by atoms with E-state index in [1.54, 1.807) is 24.3 Å². The Morgan fingerprint density at radius 2 is 1.67 bits per heavy atom. The molecule has 0 aliphatic carbocycles. The highest BCUT2D eigenvalue weighted by Crippen LogP contribution is 2.28. The number of para-hydroxylation sites is 1. The summed E-state index contributed by atoms with van der Waals surface area (Å²) < 4.78 is 5.77. The molecule has 30 heavy (non-hydrogen) atoms. The van der Waals surface area contributed by atoms with Gasteiger partial charge in [0.1, 0.15) is 11.5 Å². The van der Waals surface area contributed by atoms with Crippen LogP contribution in [0.1, 0.15) is 35.2 Å². The molecule has 3 aromatic carbocycles. The predicted molar refractivity (Wildman–Crippen MR) is 118 cm³/mol. The number of carbonyl (C=O) groups is 2. The molecule has 3 aromatic rings.